The van der Waals surface area contributed by atoms with Gasteiger partial charge < -0.3 is 4.74 Å². The third kappa shape index (κ3) is 2.88. The second-order valence-electron chi connectivity index (χ2n) is 4.87. The summed E-state index contributed by atoms with van der Waals surface area (Å²) in [5, 5.41) is 2.33. The molecule has 2 aromatic heterocycles. The molecule has 1 aliphatic rings. The molecule has 0 aromatic carbocycles. The van der Waals surface area contributed by atoms with Gasteiger partial charge >= 0.3 is 5.97 Å². The Morgan fingerprint density at radius 1 is 1.45 bits per heavy atom. The highest BCUT2D eigenvalue weighted by Gasteiger charge is 2.16. The van der Waals surface area contributed by atoms with E-state index in [9.17, 15) is 4.79 Å². The fraction of sp³-hybridized carbons (Fsp3) is 0.429. The number of imidazole rings is 1. The number of hydrogen-bond acceptors (Lipinski definition) is 4. The van der Waals surface area contributed by atoms with Gasteiger partial charge in [0.05, 0.1) is 5.69 Å². The topological polar surface area (TPSA) is 43.6 Å². The summed E-state index contributed by atoms with van der Waals surface area (Å²) in [5.74, 6) is -0.307. The van der Waals surface area contributed by atoms with Gasteiger partial charge in [0.2, 0.25) is 0 Å². The number of carbonyl (C=O) groups excluding carboxylic acids is 1. The summed E-state index contributed by atoms with van der Waals surface area (Å²) in [7, 11) is 0. The summed E-state index contributed by atoms with van der Waals surface area (Å²) in [6.45, 7) is 0. The highest BCUT2D eigenvalue weighted by atomic mass is 35.5. The maximum atomic E-state index is 11.8. The largest absolute Gasteiger partial charge is 0.459 e. The van der Waals surface area contributed by atoms with Crippen LogP contribution >= 0.6 is 22.9 Å². The highest BCUT2D eigenvalue weighted by molar-refractivity contribution is 7.15. The first-order valence-corrected chi connectivity index (χ1v) is 7.99. The van der Waals surface area contributed by atoms with Gasteiger partial charge in [0.15, 0.2) is 10.1 Å². The molecule has 0 spiro atoms. The molecule has 0 unspecified atom stereocenters. The Balaban J connectivity index is 1.68. The van der Waals surface area contributed by atoms with Crippen LogP contribution in [0, 0.1) is 0 Å². The number of halogens is 1. The van der Waals surface area contributed by atoms with E-state index in [-0.39, 0.29) is 12.1 Å². The quantitative estimate of drug-likeness (QED) is 0.637. The third-order valence-corrected chi connectivity index (χ3v) is 4.50. The third-order valence-electron chi connectivity index (χ3n) is 3.47. The molecule has 1 fully saturated rings. The number of esters is 1. The van der Waals surface area contributed by atoms with Gasteiger partial charge in [0.1, 0.15) is 6.10 Å². The standard InChI is InChI=1S/C14H15ClN2O2S/c15-13-11(17-8-9-20-14(17)16-13)6-7-12(18)19-10-4-2-1-3-5-10/h6-10H,1-5H2/b7-6+. The van der Waals surface area contributed by atoms with Crippen LogP contribution in [0.15, 0.2) is 17.7 Å². The average molecular weight is 311 g/mol. The molecule has 0 bridgehead atoms. The van der Waals surface area contributed by atoms with Gasteiger partial charge in [-0.1, -0.05) is 18.0 Å². The molecule has 1 saturated carbocycles. The smallest absolute Gasteiger partial charge is 0.331 e. The summed E-state index contributed by atoms with van der Waals surface area (Å²) in [6, 6.07) is 0. The minimum atomic E-state index is -0.307. The van der Waals surface area contributed by atoms with E-state index in [1.54, 1.807) is 6.08 Å². The fourth-order valence-electron chi connectivity index (χ4n) is 2.46. The maximum Gasteiger partial charge on any atom is 0.331 e. The molecule has 3 rings (SSSR count). The number of fused-ring (bicyclic) bond motifs is 1. The predicted molar refractivity (Wildman–Crippen MR) is 80.1 cm³/mol. The molecule has 6 heteroatoms. The number of thiazole rings is 1. The number of aromatic nitrogens is 2. The molecule has 0 N–H and O–H groups in total. The number of rotatable bonds is 3. The van der Waals surface area contributed by atoms with Crippen molar-refractivity contribution in [1.82, 2.24) is 9.38 Å². The number of hydrogen-bond donors (Lipinski definition) is 0. The summed E-state index contributed by atoms with van der Waals surface area (Å²) in [4.78, 5) is 16.8. The Bertz CT molecular complexity index is 641. The lowest BCUT2D eigenvalue weighted by molar-refractivity contribution is -0.144. The molecule has 2 heterocycles. The molecule has 2 aromatic rings. The normalized spacial score (nSPS) is 17.1. The Labute approximate surface area is 126 Å². The van der Waals surface area contributed by atoms with E-state index < -0.39 is 0 Å². The van der Waals surface area contributed by atoms with Crippen molar-refractivity contribution in [3.63, 3.8) is 0 Å². The van der Waals surface area contributed by atoms with E-state index in [0.29, 0.717) is 10.8 Å². The van der Waals surface area contributed by atoms with Crippen LogP contribution in [0.4, 0.5) is 0 Å². The zero-order chi connectivity index (χ0) is 13.9. The van der Waals surface area contributed by atoms with Crippen molar-refractivity contribution >= 4 is 39.9 Å². The molecule has 0 radical (unpaired) electrons. The molecule has 0 aliphatic heterocycles. The van der Waals surface area contributed by atoms with E-state index in [2.05, 4.69) is 4.98 Å². The summed E-state index contributed by atoms with van der Waals surface area (Å²) >= 11 is 7.56. The maximum absolute atomic E-state index is 11.8. The molecular weight excluding hydrogens is 296 g/mol. The highest BCUT2D eigenvalue weighted by Crippen LogP contribution is 2.23. The number of carbonyl (C=O) groups is 1. The van der Waals surface area contributed by atoms with Crippen LogP contribution in [0.25, 0.3) is 11.0 Å². The second-order valence-corrected chi connectivity index (χ2v) is 6.10. The lowest BCUT2D eigenvalue weighted by Gasteiger charge is -2.20. The van der Waals surface area contributed by atoms with Crippen molar-refractivity contribution in [2.75, 3.05) is 0 Å². The van der Waals surface area contributed by atoms with Gasteiger partial charge in [0.25, 0.3) is 0 Å². The Morgan fingerprint density at radius 3 is 3.05 bits per heavy atom. The van der Waals surface area contributed by atoms with Crippen LogP contribution in [0.3, 0.4) is 0 Å². The lowest BCUT2D eigenvalue weighted by atomic mass is 9.98. The zero-order valence-corrected chi connectivity index (χ0v) is 12.5. The molecule has 106 valence electrons. The van der Waals surface area contributed by atoms with Crippen molar-refractivity contribution in [2.45, 2.75) is 38.2 Å². The molecule has 0 amide bonds. The first kappa shape index (κ1) is 13.6. The van der Waals surface area contributed by atoms with Gasteiger partial charge in [-0.05, 0) is 31.8 Å². The van der Waals surface area contributed by atoms with Crippen LogP contribution < -0.4 is 0 Å². The monoisotopic (exact) mass is 310 g/mol. The van der Waals surface area contributed by atoms with E-state index in [1.807, 2.05) is 16.0 Å². The average Bonchev–Trinajstić information content (AvgIpc) is 2.98. The van der Waals surface area contributed by atoms with Crippen molar-refractivity contribution in [2.24, 2.45) is 0 Å². The Hall–Kier alpha value is -1.33. The SMILES string of the molecule is O=C(/C=C/c1c(Cl)nc2sccn12)OC1CCCCC1. The van der Waals surface area contributed by atoms with E-state index in [0.717, 1.165) is 30.6 Å². The van der Waals surface area contributed by atoms with Gasteiger partial charge in [-0.15, -0.1) is 11.3 Å². The van der Waals surface area contributed by atoms with Crippen molar-refractivity contribution in [3.8, 4) is 0 Å². The van der Waals surface area contributed by atoms with Gasteiger partial charge in [-0.25, -0.2) is 9.78 Å². The van der Waals surface area contributed by atoms with Crippen LogP contribution in [0.2, 0.25) is 5.15 Å². The summed E-state index contributed by atoms with van der Waals surface area (Å²) in [6.07, 6.45) is 10.5. The lowest BCUT2D eigenvalue weighted by Crippen LogP contribution is -2.19. The van der Waals surface area contributed by atoms with Crippen molar-refractivity contribution in [3.05, 3.63) is 28.5 Å². The first-order valence-electron chi connectivity index (χ1n) is 6.74. The predicted octanol–water partition coefficient (Wildman–Crippen LogP) is 3.94. The van der Waals surface area contributed by atoms with Gasteiger partial charge in [-0.3, -0.25) is 4.40 Å². The zero-order valence-electron chi connectivity index (χ0n) is 10.9. The van der Waals surface area contributed by atoms with Crippen LogP contribution in [-0.2, 0) is 9.53 Å². The van der Waals surface area contributed by atoms with Crippen LogP contribution in [-0.4, -0.2) is 21.5 Å². The molecule has 20 heavy (non-hydrogen) atoms. The Kier molecular flexibility index (Phi) is 4.08. The van der Waals surface area contributed by atoms with Gasteiger partial charge in [-0.2, -0.15) is 0 Å². The molecule has 1 aliphatic carbocycles. The van der Waals surface area contributed by atoms with E-state index in [1.165, 1.54) is 23.8 Å². The fourth-order valence-corrected chi connectivity index (χ4v) is 3.46. The molecule has 0 atom stereocenters. The minimum Gasteiger partial charge on any atom is -0.459 e. The summed E-state index contributed by atoms with van der Waals surface area (Å²) in [5.41, 5.74) is 0.712. The minimum absolute atomic E-state index is 0.0722. The van der Waals surface area contributed by atoms with Crippen LogP contribution in [0.5, 0.6) is 0 Å². The van der Waals surface area contributed by atoms with E-state index >= 15 is 0 Å². The number of nitrogens with zero attached hydrogens (tertiary/aromatic N) is 2. The van der Waals surface area contributed by atoms with Crippen molar-refractivity contribution < 1.29 is 9.53 Å². The first-order chi connectivity index (χ1) is 9.74. The Morgan fingerprint density at radius 2 is 2.25 bits per heavy atom. The molecular formula is C14H15ClN2O2S. The molecule has 4 nitrogen and oxygen atoms in total. The molecule has 0 saturated heterocycles. The summed E-state index contributed by atoms with van der Waals surface area (Å²) < 4.78 is 7.29. The van der Waals surface area contributed by atoms with Crippen molar-refractivity contribution in [1.29, 1.82) is 0 Å². The van der Waals surface area contributed by atoms with Crippen LogP contribution in [0.1, 0.15) is 37.8 Å². The second kappa shape index (κ2) is 5.97. The number of ether oxygens (including phenoxy) is 1. The van der Waals surface area contributed by atoms with E-state index in [4.69, 9.17) is 16.3 Å². The van der Waals surface area contributed by atoms with Gasteiger partial charge in [0, 0.05) is 17.7 Å².